The van der Waals surface area contributed by atoms with Crippen LogP contribution >= 0.6 is 0 Å². The number of fused-ring (bicyclic) bond motifs is 1. The van der Waals surface area contributed by atoms with Gasteiger partial charge in [0.15, 0.2) is 0 Å². The lowest BCUT2D eigenvalue weighted by atomic mass is 10.0. The predicted octanol–water partition coefficient (Wildman–Crippen LogP) is 4.22. The largest absolute Gasteiger partial charge is 0.507 e. The summed E-state index contributed by atoms with van der Waals surface area (Å²) < 4.78 is 5.43. The molecule has 0 aliphatic carbocycles. The number of hydrogen-bond acceptors (Lipinski definition) is 3. The molecule has 3 aromatic carbocycles. The van der Waals surface area contributed by atoms with E-state index in [1.54, 1.807) is 24.1 Å². The molecule has 128 valence electrons. The lowest BCUT2D eigenvalue weighted by Crippen LogP contribution is -2.26. The van der Waals surface area contributed by atoms with Crippen molar-refractivity contribution in [2.24, 2.45) is 0 Å². The Morgan fingerprint density at radius 2 is 1.68 bits per heavy atom. The molecule has 3 rings (SSSR count). The molecule has 0 aromatic heterocycles. The van der Waals surface area contributed by atoms with Crippen molar-refractivity contribution in [2.45, 2.75) is 13.5 Å². The summed E-state index contributed by atoms with van der Waals surface area (Å²) in [5.74, 6) is 0.604. The zero-order chi connectivity index (χ0) is 17.8. The van der Waals surface area contributed by atoms with Crippen molar-refractivity contribution in [3.8, 4) is 11.5 Å². The molecule has 0 heterocycles. The van der Waals surface area contributed by atoms with Gasteiger partial charge in [-0.2, -0.15) is 0 Å². The van der Waals surface area contributed by atoms with Gasteiger partial charge in [-0.1, -0.05) is 36.4 Å². The fraction of sp³-hybridized carbons (Fsp3) is 0.190. The summed E-state index contributed by atoms with van der Waals surface area (Å²) in [7, 11) is 1.73. The molecule has 0 aliphatic heterocycles. The Morgan fingerprint density at radius 1 is 1.04 bits per heavy atom. The van der Waals surface area contributed by atoms with Gasteiger partial charge in [-0.3, -0.25) is 4.79 Å². The number of benzene rings is 3. The highest BCUT2D eigenvalue weighted by Gasteiger charge is 2.17. The highest BCUT2D eigenvalue weighted by Crippen LogP contribution is 2.26. The minimum Gasteiger partial charge on any atom is -0.507 e. The zero-order valence-corrected chi connectivity index (χ0v) is 14.4. The molecule has 1 N–H and O–H groups in total. The van der Waals surface area contributed by atoms with Gasteiger partial charge >= 0.3 is 0 Å². The van der Waals surface area contributed by atoms with E-state index in [4.69, 9.17) is 4.74 Å². The summed E-state index contributed by atoms with van der Waals surface area (Å²) in [5.41, 5.74) is 1.31. The van der Waals surface area contributed by atoms with Crippen LogP contribution in [0.2, 0.25) is 0 Å². The number of carbonyl (C=O) groups is 1. The van der Waals surface area contributed by atoms with Gasteiger partial charge in [0.2, 0.25) is 0 Å². The molecule has 0 radical (unpaired) electrons. The standard InChI is InChI=1S/C21H21NO3/c1-3-25-18-10-8-15(9-11-18)14-22(2)21(24)19-12-16-6-4-5-7-17(16)13-20(19)23/h4-13,23H,3,14H2,1-2H3. The summed E-state index contributed by atoms with van der Waals surface area (Å²) >= 11 is 0. The van der Waals surface area contributed by atoms with E-state index in [1.165, 1.54) is 0 Å². The van der Waals surface area contributed by atoms with E-state index in [0.717, 1.165) is 22.1 Å². The zero-order valence-electron chi connectivity index (χ0n) is 14.4. The Kier molecular flexibility index (Phi) is 4.89. The van der Waals surface area contributed by atoms with E-state index in [1.807, 2.05) is 55.5 Å². The van der Waals surface area contributed by atoms with Crippen LogP contribution in [-0.2, 0) is 6.54 Å². The van der Waals surface area contributed by atoms with Crippen molar-refractivity contribution < 1.29 is 14.6 Å². The number of nitrogens with zero attached hydrogens (tertiary/aromatic N) is 1. The molecule has 0 bridgehead atoms. The topological polar surface area (TPSA) is 49.8 Å². The first-order valence-corrected chi connectivity index (χ1v) is 8.27. The Labute approximate surface area is 147 Å². The highest BCUT2D eigenvalue weighted by molar-refractivity contribution is 6.01. The summed E-state index contributed by atoms with van der Waals surface area (Å²) in [4.78, 5) is 14.3. The molecule has 0 fully saturated rings. The number of rotatable bonds is 5. The maximum Gasteiger partial charge on any atom is 0.257 e. The second kappa shape index (κ2) is 7.26. The number of hydrogen-bond donors (Lipinski definition) is 1. The van der Waals surface area contributed by atoms with Crippen LogP contribution in [0.25, 0.3) is 10.8 Å². The van der Waals surface area contributed by atoms with Crippen LogP contribution < -0.4 is 4.74 Å². The number of amides is 1. The van der Waals surface area contributed by atoms with Gasteiger partial charge in [0.25, 0.3) is 5.91 Å². The molecule has 0 saturated heterocycles. The van der Waals surface area contributed by atoms with Crippen molar-refractivity contribution in [2.75, 3.05) is 13.7 Å². The lowest BCUT2D eigenvalue weighted by molar-refractivity contribution is 0.0782. The van der Waals surface area contributed by atoms with E-state index in [-0.39, 0.29) is 11.7 Å². The molecule has 0 atom stereocenters. The molecule has 0 saturated carbocycles. The number of aromatic hydroxyl groups is 1. The van der Waals surface area contributed by atoms with E-state index in [9.17, 15) is 9.90 Å². The maximum atomic E-state index is 12.7. The lowest BCUT2D eigenvalue weighted by Gasteiger charge is -2.18. The molecule has 0 spiro atoms. The van der Waals surface area contributed by atoms with Crippen LogP contribution in [0.1, 0.15) is 22.8 Å². The van der Waals surface area contributed by atoms with Crippen LogP contribution in [0.3, 0.4) is 0 Å². The minimum absolute atomic E-state index is 0.00208. The number of carbonyl (C=O) groups excluding carboxylic acids is 1. The van der Waals surface area contributed by atoms with Gasteiger partial charge in [-0.05, 0) is 47.5 Å². The summed E-state index contributed by atoms with van der Waals surface area (Å²) in [6.07, 6.45) is 0. The minimum atomic E-state index is -0.211. The first-order valence-electron chi connectivity index (χ1n) is 8.27. The molecule has 4 heteroatoms. The first kappa shape index (κ1) is 16.8. The molecule has 3 aromatic rings. The van der Waals surface area contributed by atoms with Gasteiger partial charge in [-0.25, -0.2) is 0 Å². The Morgan fingerprint density at radius 3 is 2.32 bits per heavy atom. The maximum absolute atomic E-state index is 12.7. The second-order valence-electron chi connectivity index (χ2n) is 5.95. The fourth-order valence-corrected chi connectivity index (χ4v) is 2.81. The van der Waals surface area contributed by atoms with Gasteiger partial charge < -0.3 is 14.7 Å². The fourth-order valence-electron chi connectivity index (χ4n) is 2.81. The summed E-state index contributed by atoms with van der Waals surface area (Å²) in [6.45, 7) is 3.02. The van der Waals surface area contributed by atoms with Gasteiger partial charge in [0, 0.05) is 13.6 Å². The van der Waals surface area contributed by atoms with Crippen LogP contribution in [0, 0.1) is 0 Å². The Balaban J connectivity index is 1.79. The third kappa shape index (κ3) is 3.74. The number of phenolic OH excluding ortho intramolecular Hbond substituents is 1. The van der Waals surface area contributed by atoms with E-state index < -0.39 is 0 Å². The molecule has 0 aliphatic rings. The van der Waals surface area contributed by atoms with Crippen LogP contribution in [0.4, 0.5) is 0 Å². The average molecular weight is 335 g/mol. The van der Waals surface area contributed by atoms with Gasteiger partial charge in [0.1, 0.15) is 11.5 Å². The second-order valence-corrected chi connectivity index (χ2v) is 5.95. The molecule has 25 heavy (non-hydrogen) atoms. The highest BCUT2D eigenvalue weighted by atomic mass is 16.5. The Bertz CT molecular complexity index is 887. The molecular formula is C21H21NO3. The van der Waals surface area contributed by atoms with Crippen LogP contribution in [0.15, 0.2) is 60.7 Å². The molecule has 0 unspecified atom stereocenters. The normalized spacial score (nSPS) is 10.6. The van der Waals surface area contributed by atoms with Gasteiger partial charge in [-0.15, -0.1) is 0 Å². The first-order chi connectivity index (χ1) is 12.1. The summed E-state index contributed by atoms with van der Waals surface area (Å²) in [5, 5.41) is 12.1. The number of phenols is 1. The van der Waals surface area contributed by atoms with Crippen molar-refractivity contribution >= 4 is 16.7 Å². The van der Waals surface area contributed by atoms with Crippen molar-refractivity contribution in [3.63, 3.8) is 0 Å². The third-order valence-corrected chi connectivity index (χ3v) is 4.10. The molecular weight excluding hydrogens is 314 g/mol. The van der Waals surface area contributed by atoms with E-state index in [0.29, 0.717) is 18.7 Å². The number of ether oxygens (including phenoxy) is 1. The van der Waals surface area contributed by atoms with E-state index in [2.05, 4.69) is 0 Å². The van der Waals surface area contributed by atoms with Crippen molar-refractivity contribution in [3.05, 3.63) is 71.8 Å². The van der Waals surface area contributed by atoms with Gasteiger partial charge in [0.05, 0.1) is 12.2 Å². The van der Waals surface area contributed by atoms with Crippen molar-refractivity contribution in [1.82, 2.24) is 4.90 Å². The third-order valence-electron chi connectivity index (χ3n) is 4.10. The SMILES string of the molecule is CCOc1ccc(CN(C)C(=O)c2cc3ccccc3cc2O)cc1. The summed E-state index contributed by atoms with van der Waals surface area (Å²) in [6, 6.07) is 18.7. The molecule has 1 amide bonds. The predicted molar refractivity (Wildman–Crippen MR) is 99.0 cm³/mol. The quantitative estimate of drug-likeness (QED) is 0.759. The van der Waals surface area contributed by atoms with E-state index >= 15 is 0 Å². The van der Waals surface area contributed by atoms with Crippen LogP contribution in [-0.4, -0.2) is 29.6 Å². The monoisotopic (exact) mass is 335 g/mol. The smallest absolute Gasteiger partial charge is 0.257 e. The Hall–Kier alpha value is -3.01. The van der Waals surface area contributed by atoms with Crippen LogP contribution in [0.5, 0.6) is 11.5 Å². The average Bonchev–Trinajstić information content (AvgIpc) is 2.62. The molecule has 4 nitrogen and oxygen atoms in total. The van der Waals surface area contributed by atoms with Crippen molar-refractivity contribution in [1.29, 1.82) is 0 Å².